The van der Waals surface area contributed by atoms with E-state index in [0.29, 0.717) is 68.4 Å². The van der Waals surface area contributed by atoms with Crippen LogP contribution >= 0.6 is 11.8 Å². The number of aromatic nitrogens is 2. The van der Waals surface area contributed by atoms with Gasteiger partial charge in [-0.1, -0.05) is 36.4 Å². The Kier molecular flexibility index (Phi) is 6.45. The number of nitrogens with zero attached hydrogens (tertiary/aromatic N) is 4. The Morgan fingerprint density at radius 2 is 1.96 bits per heavy atom. The molecule has 0 amide bonds. The summed E-state index contributed by atoms with van der Waals surface area (Å²) in [6, 6.07) is 5.80. The van der Waals surface area contributed by atoms with Crippen molar-refractivity contribution in [1.82, 2.24) is 20.2 Å². The molecule has 0 radical (unpaired) electrons. The highest BCUT2D eigenvalue weighted by Crippen LogP contribution is 2.50. The van der Waals surface area contributed by atoms with Crippen molar-refractivity contribution in [1.29, 1.82) is 0 Å². The van der Waals surface area contributed by atoms with Crippen molar-refractivity contribution in [2.45, 2.75) is 73.1 Å². The zero-order chi connectivity index (χ0) is 30.4. The van der Waals surface area contributed by atoms with E-state index in [1.165, 1.54) is 24.2 Å². The SMILES string of the molecule is NC1=CC2C=Cc3cc4c(N5CC6CCCC(C5)N6)nc(OC[C@@]56CCCN5C[C@H](F)C6)nc4c(F)c3-c3ccc(F)c(c32)S1. The number of thioether (sulfide) groups is 1. The Labute approximate surface area is 264 Å². The van der Waals surface area contributed by atoms with Gasteiger partial charge in [0.25, 0.3) is 0 Å². The first kappa shape index (κ1) is 28.0. The molecule has 2 bridgehead atoms. The van der Waals surface area contributed by atoms with Gasteiger partial charge in [-0.3, -0.25) is 4.90 Å². The molecule has 6 aliphatic rings. The van der Waals surface area contributed by atoms with Gasteiger partial charge in [0.2, 0.25) is 0 Å². The number of piperazine rings is 1. The van der Waals surface area contributed by atoms with Gasteiger partial charge in [0.1, 0.15) is 29.9 Å². The van der Waals surface area contributed by atoms with Gasteiger partial charge in [0, 0.05) is 55.0 Å². The number of anilines is 1. The summed E-state index contributed by atoms with van der Waals surface area (Å²) in [5.41, 5.74) is 8.40. The Morgan fingerprint density at radius 3 is 2.80 bits per heavy atom. The predicted molar refractivity (Wildman–Crippen MR) is 170 cm³/mol. The molecule has 0 saturated carbocycles. The predicted octanol–water partition coefficient (Wildman–Crippen LogP) is 5.88. The Hall–Kier alpha value is -3.28. The third-order valence-corrected chi connectivity index (χ3v) is 11.7. The average molecular weight is 633 g/mol. The second-order valence-corrected chi connectivity index (χ2v) is 14.6. The second-order valence-electron chi connectivity index (χ2n) is 13.5. The van der Waals surface area contributed by atoms with Gasteiger partial charge in [-0.05, 0) is 67.1 Å². The van der Waals surface area contributed by atoms with Crippen LogP contribution in [0.15, 0.2) is 40.3 Å². The number of rotatable bonds is 4. The molecule has 11 heteroatoms. The zero-order valence-electron chi connectivity index (χ0n) is 24.9. The van der Waals surface area contributed by atoms with Gasteiger partial charge < -0.3 is 20.7 Å². The van der Waals surface area contributed by atoms with Crippen molar-refractivity contribution in [2.24, 2.45) is 5.73 Å². The lowest BCUT2D eigenvalue weighted by Gasteiger charge is -2.43. The molecule has 3 aromatic rings. The van der Waals surface area contributed by atoms with Gasteiger partial charge in [-0.25, -0.2) is 13.2 Å². The fourth-order valence-corrected chi connectivity index (χ4v) is 9.72. The summed E-state index contributed by atoms with van der Waals surface area (Å²) in [6.45, 7) is 3.05. The highest BCUT2D eigenvalue weighted by Gasteiger charge is 2.49. The minimum Gasteiger partial charge on any atom is -0.461 e. The number of alkyl halides is 1. The van der Waals surface area contributed by atoms with Gasteiger partial charge in [-0.2, -0.15) is 9.97 Å². The second kappa shape index (κ2) is 10.4. The average Bonchev–Trinajstić information content (AvgIpc) is 3.49. The highest BCUT2D eigenvalue weighted by atomic mass is 32.2. The van der Waals surface area contributed by atoms with E-state index >= 15 is 8.78 Å². The molecule has 234 valence electrons. The van der Waals surface area contributed by atoms with E-state index < -0.39 is 12.0 Å². The highest BCUT2D eigenvalue weighted by molar-refractivity contribution is 8.03. The van der Waals surface area contributed by atoms with Crippen LogP contribution in [0.4, 0.5) is 19.0 Å². The first-order valence-electron chi connectivity index (χ1n) is 16.1. The van der Waals surface area contributed by atoms with Crippen molar-refractivity contribution >= 4 is 34.6 Å². The van der Waals surface area contributed by atoms with Crippen LogP contribution in [0.5, 0.6) is 6.01 Å². The number of benzene rings is 2. The molecule has 1 aliphatic carbocycles. The monoisotopic (exact) mass is 632 g/mol. The van der Waals surface area contributed by atoms with Gasteiger partial charge in [-0.15, -0.1) is 0 Å². The van der Waals surface area contributed by atoms with Crippen LogP contribution in [0.1, 0.15) is 55.6 Å². The van der Waals surface area contributed by atoms with Crippen LogP contribution in [0.3, 0.4) is 0 Å². The Balaban J connectivity index is 1.20. The number of allylic oxidation sites excluding steroid dienone is 2. The zero-order valence-corrected chi connectivity index (χ0v) is 25.7. The molecule has 6 heterocycles. The molecule has 5 aliphatic heterocycles. The molecule has 5 atom stereocenters. The molecule has 3 N–H and O–H groups in total. The molecule has 45 heavy (non-hydrogen) atoms. The maximum Gasteiger partial charge on any atom is 0.319 e. The van der Waals surface area contributed by atoms with E-state index in [2.05, 4.69) is 15.1 Å². The fraction of sp³-hybridized carbons (Fsp3) is 0.471. The lowest BCUT2D eigenvalue weighted by molar-refractivity contribution is 0.107. The molecule has 4 saturated heterocycles. The van der Waals surface area contributed by atoms with Crippen LogP contribution in [-0.4, -0.2) is 71.4 Å². The Bertz CT molecular complexity index is 1790. The maximum absolute atomic E-state index is 17.1. The molecule has 4 fully saturated rings. The van der Waals surface area contributed by atoms with Crippen LogP contribution in [-0.2, 0) is 0 Å². The smallest absolute Gasteiger partial charge is 0.319 e. The van der Waals surface area contributed by atoms with Gasteiger partial charge >= 0.3 is 6.01 Å². The summed E-state index contributed by atoms with van der Waals surface area (Å²) in [5.74, 6) is -0.476. The topological polar surface area (TPSA) is 79.5 Å². The molecule has 7 nitrogen and oxygen atoms in total. The van der Waals surface area contributed by atoms with E-state index in [4.69, 9.17) is 20.4 Å². The largest absolute Gasteiger partial charge is 0.461 e. The van der Waals surface area contributed by atoms with Crippen molar-refractivity contribution in [3.8, 4) is 17.1 Å². The summed E-state index contributed by atoms with van der Waals surface area (Å²) in [7, 11) is 0. The number of piperidine rings is 1. The minimum atomic E-state index is -0.878. The Morgan fingerprint density at radius 1 is 1.11 bits per heavy atom. The van der Waals surface area contributed by atoms with Gasteiger partial charge in [0.15, 0.2) is 5.82 Å². The van der Waals surface area contributed by atoms with E-state index in [0.717, 1.165) is 45.3 Å². The number of fused-ring (bicyclic) bond motifs is 6. The number of ether oxygens (including phenoxy) is 1. The van der Waals surface area contributed by atoms with Crippen LogP contribution in [0, 0.1) is 11.6 Å². The molecule has 9 rings (SSSR count). The number of hydrogen-bond donors (Lipinski definition) is 2. The first-order chi connectivity index (χ1) is 21.8. The molecule has 3 unspecified atom stereocenters. The van der Waals surface area contributed by atoms with Crippen LogP contribution in [0.25, 0.3) is 28.1 Å². The third-order valence-electron chi connectivity index (χ3n) is 10.7. The normalized spacial score (nSPS) is 30.1. The van der Waals surface area contributed by atoms with Crippen LogP contribution < -0.4 is 20.7 Å². The minimum absolute atomic E-state index is 0.109. The number of nitrogens with one attached hydrogen (secondary N) is 1. The fourth-order valence-electron chi connectivity index (χ4n) is 8.74. The summed E-state index contributed by atoms with van der Waals surface area (Å²) < 4.78 is 53.0. The quantitative estimate of drug-likeness (QED) is 0.370. The van der Waals surface area contributed by atoms with Gasteiger partial charge in [0.05, 0.1) is 15.5 Å². The third kappa shape index (κ3) is 4.48. The van der Waals surface area contributed by atoms with Crippen LogP contribution in [0.2, 0.25) is 0 Å². The number of nitrogens with two attached hydrogens (primary N) is 1. The van der Waals surface area contributed by atoms with E-state index in [1.807, 2.05) is 24.3 Å². The van der Waals surface area contributed by atoms with Crippen molar-refractivity contribution in [3.05, 3.63) is 58.1 Å². The van der Waals surface area contributed by atoms with Crippen molar-refractivity contribution in [2.75, 3.05) is 37.7 Å². The number of hydrogen-bond acceptors (Lipinski definition) is 8. The summed E-state index contributed by atoms with van der Waals surface area (Å²) in [5, 5.41) is 4.87. The van der Waals surface area contributed by atoms with Crippen molar-refractivity contribution < 1.29 is 17.9 Å². The number of halogens is 3. The summed E-state index contributed by atoms with van der Waals surface area (Å²) >= 11 is 1.18. The molecular weight excluding hydrogens is 597 g/mol. The van der Waals surface area contributed by atoms with Crippen molar-refractivity contribution in [3.63, 3.8) is 0 Å². The standard InChI is InChI=1S/C34H35F3N6OS/c35-20-13-34(9-2-10-43(34)14-20)17-44-33-40-30-24(32(41-33)42-15-21-3-1-4-22(16-42)39-21)11-18-5-6-19-12-26(38)45-31-25(36)8-7-23(28(19)31)27(18)29(30)37/h5-8,11-12,19-22,39H,1-4,9-10,13-17,38H2/t19?,20-,21?,22?,34+/m1/s1. The molecular formula is C34H35F3N6OS. The van der Waals surface area contributed by atoms with E-state index in [1.54, 1.807) is 6.07 Å². The maximum atomic E-state index is 17.1. The molecule has 2 aromatic carbocycles. The van der Waals surface area contributed by atoms with E-state index in [9.17, 15) is 4.39 Å². The molecule has 1 aromatic heterocycles. The molecule has 0 spiro atoms. The lowest BCUT2D eigenvalue weighted by Crippen LogP contribution is -2.59. The summed E-state index contributed by atoms with van der Waals surface area (Å²) in [4.78, 5) is 14.5. The van der Waals surface area contributed by atoms with E-state index in [-0.39, 0.29) is 35.4 Å². The first-order valence-corrected chi connectivity index (χ1v) is 16.9. The summed E-state index contributed by atoms with van der Waals surface area (Å²) in [6.07, 6.45) is 10.5. The lowest BCUT2D eigenvalue weighted by atomic mass is 9.90.